The molecule has 0 aliphatic rings. The molecular formula is C19H24I3N3O10. The van der Waals surface area contributed by atoms with E-state index in [2.05, 4.69) is 10.6 Å². The average molecular weight is 835 g/mol. The number of benzene rings is 1. The molecule has 0 fully saturated rings. The molecule has 0 aliphatic carbocycles. The highest BCUT2D eigenvalue weighted by atomic mass is 127. The highest BCUT2D eigenvalue weighted by Crippen LogP contribution is 2.38. The fourth-order valence-electron chi connectivity index (χ4n) is 2.62. The van der Waals surface area contributed by atoms with Crippen LogP contribution in [0.5, 0.6) is 0 Å². The minimum atomic E-state index is -1.96. The number of hydrogen-bond acceptors (Lipinski definition) is 10. The summed E-state index contributed by atoms with van der Waals surface area (Å²) in [5, 5.41) is 61.0. The zero-order valence-electron chi connectivity index (χ0n) is 18.2. The maximum Gasteiger partial charge on any atom is 0.265 e. The van der Waals surface area contributed by atoms with Gasteiger partial charge in [0.15, 0.2) is 6.10 Å². The first-order valence-electron chi connectivity index (χ1n) is 9.81. The van der Waals surface area contributed by atoms with Gasteiger partial charge in [0.05, 0.1) is 56.0 Å². The van der Waals surface area contributed by atoms with Crippen LogP contribution in [0.4, 0.5) is 5.69 Å². The highest BCUT2D eigenvalue weighted by molar-refractivity contribution is 14.1. The number of carbonyl (C=O) groups is 4. The molecule has 0 bridgehead atoms. The summed E-state index contributed by atoms with van der Waals surface area (Å²) < 4.78 is 0.201. The van der Waals surface area contributed by atoms with Crippen LogP contribution in [0.25, 0.3) is 0 Å². The van der Waals surface area contributed by atoms with Crippen LogP contribution < -0.4 is 15.5 Å². The lowest BCUT2D eigenvalue weighted by Gasteiger charge is -2.27. The molecule has 196 valence electrons. The van der Waals surface area contributed by atoms with Crippen molar-refractivity contribution in [2.24, 2.45) is 0 Å². The van der Waals surface area contributed by atoms with Crippen molar-refractivity contribution in [1.29, 1.82) is 0 Å². The second-order valence-corrected chi connectivity index (χ2v) is 10.3. The van der Waals surface area contributed by atoms with Crippen LogP contribution in [0.1, 0.15) is 27.6 Å². The summed E-state index contributed by atoms with van der Waals surface area (Å²) in [5.41, 5.74) is -0.480. The molecule has 0 aliphatic heterocycles. The normalized spacial score (nSPS) is 13.5. The number of carbonyl (C=O) groups excluding carboxylic acids is 4. The third-order valence-electron chi connectivity index (χ3n) is 4.38. The molecule has 8 N–H and O–H groups in total. The van der Waals surface area contributed by atoms with Gasteiger partial charge in [-0.3, -0.25) is 19.2 Å². The maximum atomic E-state index is 13.0. The molecule has 13 nitrogen and oxygen atoms in total. The molecule has 0 spiro atoms. The molecule has 1 aromatic rings. The largest absolute Gasteiger partial charge is 0.394 e. The van der Waals surface area contributed by atoms with E-state index in [4.69, 9.17) is 10.2 Å². The molecule has 4 amide bonds. The molecular weight excluding hydrogens is 811 g/mol. The molecule has 16 heteroatoms. The fourth-order valence-corrected chi connectivity index (χ4v) is 7.25. The van der Waals surface area contributed by atoms with Gasteiger partial charge in [0, 0.05) is 23.6 Å². The molecule has 0 radical (unpaired) electrons. The van der Waals surface area contributed by atoms with Crippen LogP contribution in [0.2, 0.25) is 0 Å². The first kappa shape index (κ1) is 32.3. The minimum Gasteiger partial charge on any atom is -0.394 e. The Hall–Kier alpha value is -0.750. The van der Waals surface area contributed by atoms with Crippen molar-refractivity contribution in [3.8, 4) is 0 Å². The molecule has 0 heterocycles. The van der Waals surface area contributed by atoms with Gasteiger partial charge in [0.1, 0.15) is 0 Å². The Morgan fingerprint density at radius 1 is 0.771 bits per heavy atom. The summed E-state index contributed by atoms with van der Waals surface area (Å²) in [5.74, 6) is -3.66. The predicted octanol–water partition coefficient (Wildman–Crippen LogP) is -2.10. The van der Waals surface area contributed by atoms with Gasteiger partial charge in [0.25, 0.3) is 17.7 Å². The van der Waals surface area contributed by atoms with Gasteiger partial charge in [0.2, 0.25) is 5.91 Å². The molecule has 3 atom stereocenters. The lowest BCUT2D eigenvalue weighted by molar-refractivity contribution is -0.132. The minimum absolute atomic E-state index is 0.0491. The molecule has 0 saturated carbocycles. The Morgan fingerprint density at radius 2 is 1.17 bits per heavy atom. The Balaban J connectivity index is 3.84. The van der Waals surface area contributed by atoms with Gasteiger partial charge in [-0.15, -0.1) is 0 Å². The molecule has 3 unspecified atom stereocenters. The lowest BCUT2D eigenvalue weighted by Crippen LogP contribution is -2.45. The van der Waals surface area contributed by atoms with E-state index < -0.39 is 61.8 Å². The standard InChI is InChI=1S/C19H24I3N3O10/c1-7(29)25(19(35)10(32)6-28)16-14(21)11(17(33)23-2-8(30)4-26)13(20)12(15(16)22)18(34)24-3-9(31)5-27/h8-10,26-28,30-32H,2-6H2,1H3,(H,23,33)(H,24,34). The van der Waals surface area contributed by atoms with Crippen molar-refractivity contribution >= 4 is 97.1 Å². The van der Waals surface area contributed by atoms with Crippen molar-refractivity contribution in [1.82, 2.24) is 10.6 Å². The van der Waals surface area contributed by atoms with Gasteiger partial charge in [-0.25, -0.2) is 4.90 Å². The summed E-state index contributed by atoms with van der Waals surface area (Å²) in [6.45, 7) is -1.91. The van der Waals surface area contributed by atoms with Crippen molar-refractivity contribution in [3.63, 3.8) is 0 Å². The van der Waals surface area contributed by atoms with Crippen LogP contribution in [0, 0.1) is 10.7 Å². The third-order valence-corrected chi connectivity index (χ3v) is 7.56. The van der Waals surface area contributed by atoms with E-state index in [0.717, 1.165) is 6.92 Å². The Labute approximate surface area is 240 Å². The second-order valence-electron chi connectivity index (χ2n) is 7.02. The number of nitrogens with one attached hydrogen (secondary N) is 2. The van der Waals surface area contributed by atoms with Crippen LogP contribution >= 0.6 is 67.8 Å². The Morgan fingerprint density at radius 3 is 1.49 bits per heavy atom. The topological polar surface area (TPSA) is 217 Å². The van der Waals surface area contributed by atoms with E-state index in [0.29, 0.717) is 4.90 Å². The predicted molar refractivity (Wildman–Crippen MR) is 147 cm³/mol. The number of anilines is 1. The van der Waals surface area contributed by atoms with E-state index >= 15 is 0 Å². The fraction of sp³-hybridized carbons (Fsp3) is 0.474. The van der Waals surface area contributed by atoms with Gasteiger partial charge in [-0.1, -0.05) is 0 Å². The first-order chi connectivity index (χ1) is 16.3. The summed E-state index contributed by atoms with van der Waals surface area (Å²) in [6.07, 6.45) is -4.50. The number of amides is 4. The summed E-state index contributed by atoms with van der Waals surface area (Å²) in [4.78, 5) is 51.7. The van der Waals surface area contributed by atoms with E-state index in [1.807, 2.05) is 0 Å². The van der Waals surface area contributed by atoms with E-state index in [-0.39, 0.29) is 40.6 Å². The number of imide groups is 1. The quantitative estimate of drug-likeness (QED) is 0.114. The van der Waals surface area contributed by atoms with Crippen molar-refractivity contribution in [3.05, 3.63) is 21.8 Å². The van der Waals surface area contributed by atoms with Crippen LogP contribution in [0.15, 0.2) is 0 Å². The average Bonchev–Trinajstić information content (AvgIpc) is 2.81. The number of aliphatic hydroxyl groups is 6. The van der Waals surface area contributed by atoms with Crippen LogP contribution in [0.3, 0.4) is 0 Å². The monoisotopic (exact) mass is 835 g/mol. The first-order valence-corrected chi connectivity index (χ1v) is 13.1. The molecule has 1 rings (SSSR count). The van der Waals surface area contributed by atoms with Crippen molar-refractivity contribution < 1.29 is 49.8 Å². The van der Waals surface area contributed by atoms with Crippen LogP contribution in [-0.2, 0) is 9.59 Å². The SMILES string of the molecule is CC(=O)N(C(=O)C(O)CO)c1c(I)c(C(=O)NCC(O)CO)c(I)c(C(=O)NCC(O)CO)c1I. The molecule has 1 aromatic carbocycles. The molecule has 0 aromatic heterocycles. The van der Waals surface area contributed by atoms with Crippen LogP contribution in [-0.4, -0.2) is 105 Å². The molecule has 0 saturated heterocycles. The summed E-state index contributed by atoms with van der Waals surface area (Å²) >= 11 is 5.10. The number of hydrogen-bond donors (Lipinski definition) is 8. The van der Waals surface area contributed by atoms with Crippen molar-refractivity contribution in [2.75, 3.05) is 37.8 Å². The number of aliphatic hydroxyl groups excluding tert-OH is 6. The summed E-state index contributed by atoms with van der Waals surface area (Å²) in [7, 11) is 0. The van der Waals surface area contributed by atoms with E-state index in [1.165, 1.54) is 0 Å². The smallest absolute Gasteiger partial charge is 0.265 e. The zero-order valence-corrected chi connectivity index (χ0v) is 24.6. The van der Waals surface area contributed by atoms with E-state index in [1.54, 1.807) is 67.8 Å². The number of halogens is 3. The Kier molecular flexibility index (Phi) is 13.7. The zero-order chi connectivity index (χ0) is 27.0. The number of nitrogens with zero attached hydrogens (tertiary/aromatic N) is 1. The lowest BCUT2D eigenvalue weighted by atomic mass is 10.1. The highest BCUT2D eigenvalue weighted by Gasteiger charge is 2.35. The van der Waals surface area contributed by atoms with Gasteiger partial charge in [-0.2, -0.15) is 0 Å². The van der Waals surface area contributed by atoms with Crippen molar-refractivity contribution in [2.45, 2.75) is 25.2 Å². The summed E-state index contributed by atoms with van der Waals surface area (Å²) in [6, 6.07) is 0. The Bertz CT molecular complexity index is 925. The number of rotatable bonds is 11. The van der Waals surface area contributed by atoms with Gasteiger partial charge in [-0.05, 0) is 67.8 Å². The maximum absolute atomic E-state index is 13.0. The van der Waals surface area contributed by atoms with E-state index in [9.17, 15) is 39.6 Å². The third kappa shape index (κ3) is 8.12. The van der Waals surface area contributed by atoms with Gasteiger partial charge < -0.3 is 41.3 Å². The molecule has 35 heavy (non-hydrogen) atoms. The van der Waals surface area contributed by atoms with Gasteiger partial charge >= 0.3 is 0 Å². The second kappa shape index (κ2) is 14.9.